The van der Waals surface area contributed by atoms with Gasteiger partial charge in [-0.15, -0.1) is 0 Å². The molecule has 0 fully saturated rings. The quantitative estimate of drug-likeness (QED) is 0.642. The van der Waals surface area contributed by atoms with E-state index in [9.17, 15) is 9.59 Å². The Kier molecular flexibility index (Phi) is 5.86. The largest absolute Gasteiger partial charge is 0.326 e. The lowest BCUT2D eigenvalue weighted by atomic mass is 10.1. The molecule has 0 aliphatic rings. The number of aryl methyl sites for hydroxylation is 2. The number of hydrogen-bond donors (Lipinski definition) is 2. The monoisotopic (exact) mass is 381 g/mol. The lowest BCUT2D eigenvalue weighted by Crippen LogP contribution is -2.14. The van der Waals surface area contributed by atoms with Crippen LogP contribution in [0.5, 0.6) is 0 Å². The molecule has 27 heavy (non-hydrogen) atoms. The predicted molar refractivity (Wildman–Crippen MR) is 111 cm³/mol. The molecule has 0 unspecified atom stereocenters. The number of anilines is 2. The first kappa shape index (κ1) is 19.0. The molecule has 5 nitrogen and oxygen atoms in total. The molecule has 3 rings (SSSR count). The van der Waals surface area contributed by atoms with Gasteiger partial charge in [-0.25, -0.2) is 4.98 Å². The van der Waals surface area contributed by atoms with Crippen molar-refractivity contribution in [1.29, 1.82) is 0 Å². The number of nitrogens with one attached hydrogen (secondary N) is 2. The Morgan fingerprint density at radius 3 is 2.56 bits per heavy atom. The van der Waals surface area contributed by atoms with Gasteiger partial charge >= 0.3 is 0 Å². The van der Waals surface area contributed by atoms with E-state index in [0.29, 0.717) is 11.6 Å². The van der Waals surface area contributed by atoms with E-state index in [-0.39, 0.29) is 18.2 Å². The van der Waals surface area contributed by atoms with Crippen LogP contribution in [0.4, 0.5) is 10.8 Å². The molecule has 140 valence electrons. The third-order valence-corrected chi connectivity index (χ3v) is 5.27. The van der Waals surface area contributed by atoms with Crippen molar-refractivity contribution in [3.8, 4) is 0 Å². The zero-order valence-corrected chi connectivity index (χ0v) is 16.6. The summed E-state index contributed by atoms with van der Waals surface area (Å²) in [7, 11) is 0. The molecule has 1 heterocycles. The zero-order valence-electron chi connectivity index (χ0n) is 15.8. The lowest BCUT2D eigenvalue weighted by molar-refractivity contribution is -0.116. The van der Waals surface area contributed by atoms with E-state index in [0.717, 1.165) is 33.5 Å². The smallest absolute Gasteiger partial charge is 0.228 e. The van der Waals surface area contributed by atoms with Gasteiger partial charge in [-0.3, -0.25) is 9.59 Å². The molecule has 2 aromatic carbocycles. The summed E-state index contributed by atoms with van der Waals surface area (Å²) in [5.74, 6) is -0.0804. The van der Waals surface area contributed by atoms with Crippen molar-refractivity contribution in [3.63, 3.8) is 0 Å². The van der Waals surface area contributed by atoms with Crippen molar-refractivity contribution in [3.05, 3.63) is 53.1 Å². The van der Waals surface area contributed by atoms with Crippen molar-refractivity contribution in [1.82, 2.24) is 4.98 Å². The van der Waals surface area contributed by atoms with E-state index in [1.54, 1.807) is 0 Å². The minimum absolute atomic E-state index is 0.0236. The highest BCUT2D eigenvalue weighted by Crippen LogP contribution is 2.27. The first-order valence-electron chi connectivity index (χ1n) is 9.01. The summed E-state index contributed by atoms with van der Waals surface area (Å²) in [4.78, 5) is 28.5. The van der Waals surface area contributed by atoms with Crippen LogP contribution in [0.2, 0.25) is 0 Å². The summed E-state index contributed by atoms with van der Waals surface area (Å²) in [5, 5.41) is 6.37. The maximum Gasteiger partial charge on any atom is 0.228 e. The highest BCUT2D eigenvalue weighted by atomic mass is 32.1. The summed E-state index contributed by atoms with van der Waals surface area (Å²) in [6.07, 6.45) is 1.58. The Hall–Kier alpha value is -2.73. The highest BCUT2D eigenvalue weighted by Gasteiger charge is 2.10. The molecule has 3 aromatic rings. The van der Waals surface area contributed by atoms with E-state index < -0.39 is 0 Å². The molecule has 2 amide bonds. The average Bonchev–Trinajstić information content (AvgIpc) is 2.99. The maximum atomic E-state index is 12.4. The number of fused-ring (bicyclic) bond motifs is 1. The molecule has 0 aliphatic heterocycles. The number of benzene rings is 2. The third kappa shape index (κ3) is 4.92. The molecular weight excluding hydrogens is 358 g/mol. The molecule has 6 heteroatoms. The predicted octanol–water partition coefficient (Wildman–Crippen LogP) is 4.83. The Balaban J connectivity index is 1.68. The van der Waals surface area contributed by atoms with E-state index in [1.807, 2.05) is 57.2 Å². The summed E-state index contributed by atoms with van der Waals surface area (Å²) in [6, 6.07) is 11.6. The van der Waals surface area contributed by atoms with Crippen LogP contribution in [0, 0.1) is 13.8 Å². The molecule has 2 N–H and O–H groups in total. The molecular formula is C21H23N3O2S. The van der Waals surface area contributed by atoms with Crippen LogP contribution in [0.25, 0.3) is 10.2 Å². The first-order valence-corrected chi connectivity index (χ1v) is 9.82. The fourth-order valence-corrected chi connectivity index (χ4v) is 3.70. The molecule has 1 aromatic heterocycles. The number of aromatic nitrogens is 1. The Bertz CT molecular complexity index is 994. The Labute approximate surface area is 162 Å². The topological polar surface area (TPSA) is 71.1 Å². The minimum Gasteiger partial charge on any atom is -0.326 e. The van der Waals surface area contributed by atoms with Crippen molar-refractivity contribution in [2.24, 2.45) is 0 Å². The van der Waals surface area contributed by atoms with Crippen LogP contribution in [-0.2, 0) is 16.0 Å². The van der Waals surface area contributed by atoms with Gasteiger partial charge in [-0.1, -0.05) is 30.4 Å². The summed E-state index contributed by atoms with van der Waals surface area (Å²) < 4.78 is 0.957. The summed E-state index contributed by atoms with van der Waals surface area (Å²) in [6.45, 7) is 6.04. The second-order valence-electron chi connectivity index (χ2n) is 6.64. The molecule has 0 saturated heterocycles. The van der Waals surface area contributed by atoms with E-state index >= 15 is 0 Å². The second-order valence-corrected chi connectivity index (χ2v) is 7.67. The van der Waals surface area contributed by atoms with Gasteiger partial charge in [0.2, 0.25) is 11.8 Å². The van der Waals surface area contributed by atoms with Gasteiger partial charge < -0.3 is 10.6 Å². The van der Waals surface area contributed by atoms with Gasteiger partial charge in [-0.2, -0.15) is 0 Å². The zero-order chi connectivity index (χ0) is 19.4. The molecule has 0 saturated carbocycles. The van der Waals surface area contributed by atoms with Gasteiger partial charge in [0.15, 0.2) is 5.13 Å². The van der Waals surface area contributed by atoms with Crippen LogP contribution in [0.3, 0.4) is 0 Å². The van der Waals surface area contributed by atoms with E-state index in [2.05, 4.69) is 15.6 Å². The minimum atomic E-state index is -0.0569. The molecule has 0 aliphatic carbocycles. The number of amides is 2. The van der Waals surface area contributed by atoms with Crippen LogP contribution in [0.1, 0.15) is 36.5 Å². The SMILES string of the molecule is CCCC(=O)Nc1nc2ccc(CC(=O)Nc3ccc(C)c(C)c3)cc2s1. The summed E-state index contributed by atoms with van der Waals surface area (Å²) in [5.41, 5.74) is 4.90. The Morgan fingerprint density at radius 1 is 1.00 bits per heavy atom. The fourth-order valence-electron chi connectivity index (χ4n) is 2.75. The van der Waals surface area contributed by atoms with Crippen LogP contribution >= 0.6 is 11.3 Å². The van der Waals surface area contributed by atoms with Gasteiger partial charge in [0, 0.05) is 12.1 Å². The van der Waals surface area contributed by atoms with Gasteiger partial charge in [0.25, 0.3) is 0 Å². The van der Waals surface area contributed by atoms with Crippen molar-refractivity contribution >= 4 is 44.2 Å². The number of thiazole rings is 1. The van der Waals surface area contributed by atoms with Gasteiger partial charge in [0.1, 0.15) is 0 Å². The summed E-state index contributed by atoms with van der Waals surface area (Å²) >= 11 is 1.43. The molecule has 0 radical (unpaired) electrons. The molecule has 0 bridgehead atoms. The molecule has 0 atom stereocenters. The number of nitrogens with zero attached hydrogens (tertiary/aromatic N) is 1. The normalized spacial score (nSPS) is 10.8. The maximum absolute atomic E-state index is 12.4. The van der Waals surface area contributed by atoms with Crippen LogP contribution in [0.15, 0.2) is 36.4 Å². The standard InChI is InChI=1S/C21H23N3O2S/c1-4-5-19(25)24-21-23-17-9-7-15(11-18(17)27-21)12-20(26)22-16-8-6-13(2)14(3)10-16/h6-11H,4-5,12H2,1-3H3,(H,22,26)(H,23,24,25). The Morgan fingerprint density at radius 2 is 1.81 bits per heavy atom. The fraction of sp³-hybridized carbons (Fsp3) is 0.286. The van der Waals surface area contributed by atoms with Gasteiger partial charge in [0.05, 0.1) is 16.6 Å². The number of rotatable bonds is 6. The average molecular weight is 382 g/mol. The van der Waals surface area contributed by atoms with Crippen LogP contribution < -0.4 is 10.6 Å². The number of carbonyl (C=O) groups excluding carboxylic acids is 2. The van der Waals surface area contributed by atoms with Gasteiger partial charge in [-0.05, 0) is 61.2 Å². The highest BCUT2D eigenvalue weighted by molar-refractivity contribution is 7.22. The van der Waals surface area contributed by atoms with Crippen molar-refractivity contribution in [2.75, 3.05) is 10.6 Å². The lowest BCUT2D eigenvalue weighted by Gasteiger charge is -2.08. The van der Waals surface area contributed by atoms with Crippen molar-refractivity contribution in [2.45, 2.75) is 40.0 Å². The third-order valence-electron chi connectivity index (χ3n) is 4.33. The number of carbonyl (C=O) groups is 2. The van der Waals surface area contributed by atoms with Crippen molar-refractivity contribution < 1.29 is 9.59 Å². The molecule has 0 spiro atoms. The number of hydrogen-bond acceptors (Lipinski definition) is 4. The van der Waals surface area contributed by atoms with E-state index in [4.69, 9.17) is 0 Å². The van der Waals surface area contributed by atoms with E-state index in [1.165, 1.54) is 16.9 Å². The second kappa shape index (κ2) is 8.31. The van der Waals surface area contributed by atoms with Crippen LogP contribution in [-0.4, -0.2) is 16.8 Å². The first-order chi connectivity index (χ1) is 12.9.